The second-order valence-corrected chi connectivity index (χ2v) is 5.76. The fraction of sp³-hybridized carbons (Fsp3) is 0.400. The Bertz CT molecular complexity index is 608. The molecule has 0 radical (unpaired) electrons. The molecule has 8 heteroatoms. The molecule has 1 unspecified atom stereocenters. The summed E-state index contributed by atoms with van der Waals surface area (Å²) in [4.78, 5) is 24.6. The molecule has 1 atom stereocenters. The molecule has 98 valence electrons. The van der Waals surface area contributed by atoms with Crippen molar-refractivity contribution in [2.75, 3.05) is 6.54 Å². The summed E-state index contributed by atoms with van der Waals surface area (Å²) in [6.45, 7) is 0.0857. The maximum Gasteiger partial charge on any atom is 0.245 e. The number of H-pyrrole nitrogens is 1. The molecule has 1 aromatic heterocycles. The van der Waals surface area contributed by atoms with Crippen molar-refractivity contribution in [2.24, 2.45) is 0 Å². The van der Waals surface area contributed by atoms with Crippen LogP contribution in [0.1, 0.15) is 12.8 Å². The molecule has 1 amide bonds. The minimum Gasteiger partial charge on any atom is -0.366 e. The number of hydrogen-bond donors (Lipinski definition) is 3. The Kier molecular flexibility index (Phi) is 3.48. The summed E-state index contributed by atoms with van der Waals surface area (Å²) in [6, 6.07) is 0.932. The van der Waals surface area contributed by atoms with Crippen LogP contribution >= 0.6 is 0 Å². The molecule has 1 saturated heterocycles. The van der Waals surface area contributed by atoms with Crippen LogP contribution in [0.3, 0.4) is 0 Å². The molecule has 0 bridgehead atoms. The molecule has 1 aliphatic rings. The van der Waals surface area contributed by atoms with Crippen molar-refractivity contribution in [1.82, 2.24) is 15.0 Å². The summed E-state index contributed by atoms with van der Waals surface area (Å²) < 4.78 is 26.0. The summed E-state index contributed by atoms with van der Waals surface area (Å²) in [7, 11) is -3.84. The van der Waals surface area contributed by atoms with Gasteiger partial charge in [-0.15, -0.1) is 0 Å². The van der Waals surface area contributed by atoms with Crippen LogP contribution in [-0.2, 0) is 14.8 Å². The first-order valence-electron chi connectivity index (χ1n) is 5.45. The van der Waals surface area contributed by atoms with Crippen LogP contribution in [0.2, 0.25) is 0 Å². The summed E-state index contributed by atoms with van der Waals surface area (Å²) in [5.74, 6) is -0.0863. The standard InChI is InChI=1S/C10H13N3O4S/c14-8-3-4-11-6-9(8)18(16,17)12-5-7-1-2-10(15)13-7/h3-4,6-7,12H,1-2,5H2,(H,11,14)(H,13,15). The molecule has 3 N–H and O–H groups in total. The van der Waals surface area contributed by atoms with E-state index in [2.05, 4.69) is 15.0 Å². The van der Waals surface area contributed by atoms with Crippen LogP contribution in [0.25, 0.3) is 0 Å². The fourth-order valence-electron chi connectivity index (χ4n) is 1.73. The van der Waals surface area contributed by atoms with Gasteiger partial charge in [-0.3, -0.25) is 9.59 Å². The third-order valence-corrected chi connectivity index (χ3v) is 4.13. The zero-order valence-electron chi connectivity index (χ0n) is 9.47. The van der Waals surface area contributed by atoms with E-state index >= 15 is 0 Å². The van der Waals surface area contributed by atoms with Crippen molar-refractivity contribution in [3.8, 4) is 0 Å². The summed E-state index contributed by atoms with van der Waals surface area (Å²) in [5, 5.41) is 2.64. The lowest BCUT2D eigenvalue weighted by Crippen LogP contribution is -2.39. The Morgan fingerprint density at radius 2 is 2.17 bits per heavy atom. The largest absolute Gasteiger partial charge is 0.366 e. The van der Waals surface area contributed by atoms with Gasteiger partial charge in [0.2, 0.25) is 21.4 Å². The highest BCUT2D eigenvalue weighted by atomic mass is 32.2. The number of hydrogen-bond acceptors (Lipinski definition) is 4. The molecular formula is C10H13N3O4S. The van der Waals surface area contributed by atoms with Gasteiger partial charge in [-0.2, -0.15) is 0 Å². The lowest BCUT2D eigenvalue weighted by Gasteiger charge is -2.11. The second-order valence-electron chi connectivity index (χ2n) is 4.03. The molecule has 0 aliphatic carbocycles. The minimum absolute atomic E-state index is 0.0857. The van der Waals surface area contributed by atoms with Crippen LogP contribution in [-0.4, -0.2) is 31.9 Å². The van der Waals surface area contributed by atoms with Gasteiger partial charge in [0.25, 0.3) is 0 Å². The van der Waals surface area contributed by atoms with Crippen LogP contribution in [0.4, 0.5) is 0 Å². The summed E-state index contributed by atoms with van der Waals surface area (Å²) in [5.41, 5.74) is -0.572. The molecule has 1 aromatic rings. The molecule has 2 heterocycles. The van der Waals surface area contributed by atoms with E-state index in [4.69, 9.17) is 0 Å². The number of pyridine rings is 1. The maximum atomic E-state index is 11.8. The number of carbonyl (C=O) groups is 1. The van der Waals surface area contributed by atoms with E-state index in [9.17, 15) is 18.0 Å². The Balaban J connectivity index is 2.07. The van der Waals surface area contributed by atoms with Crippen molar-refractivity contribution < 1.29 is 13.2 Å². The monoisotopic (exact) mass is 271 g/mol. The van der Waals surface area contributed by atoms with Crippen molar-refractivity contribution in [1.29, 1.82) is 0 Å². The number of carbonyl (C=O) groups excluding carboxylic acids is 1. The topological polar surface area (TPSA) is 108 Å². The first-order valence-corrected chi connectivity index (χ1v) is 6.93. The van der Waals surface area contributed by atoms with E-state index in [0.29, 0.717) is 12.8 Å². The van der Waals surface area contributed by atoms with Gasteiger partial charge in [0.15, 0.2) is 0 Å². The number of aromatic nitrogens is 1. The van der Waals surface area contributed by atoms with Crippen LogP contribution < -0.4 is 15.5 Å². The van der Waals surface area contributed by atoms with Crippen LogP contribution in [0.5, 0.6) is 0 Å². The first-order chi connectivity index (χ1) is 8.49. The zero-order chi connectivity index (χ0) is 13.2. The molecule has 0 saturated carbocycles. The van der Waals surface area contributed by atoms with Crippen LogP contribution in [0.15, 0.2) is 28.2 Å². The second kappa shape index (κ2) is 4.91. The van der Waals surface area contributed by atoms with E-state index in [-0.39, 0.29) is 23.4 Å². The lowest BCUT2D eigenvalue weighted by atomic mass is 10.2. The first kappa shape index (κ1) is 12.8. The van der Waals surface area contributed by atoms with Gasteiger partial charge in [0, 0.05) is 37.5 Å². The number of sulfonamides is 1. The number of amides is 1. The Labute approximate surface area is 104 Å². The molecule has 0 aromatic carbocycles. The summed E-state index contributed by atoms with van der Waals surface area (Å²) >= 11 is 0. The van der Waals surface area contributed by atoms with E-state index < -0.39 is 15.5 Å². The predicted octanol–water partition coefficient (Wildman–Crippen LogP) is -1.07. The van der Waals surface area contributed by atoms with Crippen LogP contribution in [0, 0.1) is 0 Å². The molecule has 18 heavy (non-hydrogen) atoms. The van der Waals surface area contributed by atoms with Gasteiger partial charge in [0.1, 0.15) is 4.90 Å². The number of aromatic amines is 1. The number of nitrogens with one attached hydrogen (secondary N) is 3. The minimum atomic E-state index is -3.84. The molecule has 1 fully saturated rings. The molecular weight excluding hydrogens is 258 g/mol. The van der Waals surface area contributed by atoms with Gasteiger partial charge >= 0.3 is 0 Å². The Morgan fingerprint density at radius 3 is 2.78 bits per heavy atom. The average Bonchev–Trinajstić information content (AvgIpc) is 2.73. The van der Waals surface area contributed by atoms with Gasteiger partial charge < -0.3 is 10.3 Å². The van der Waals surface area contributed by atoms with Gasteiger partial charge in [-0.25, -0.2) is 13.1 Å². The van der Waals surface area contributed by atoms with Crippen molar-refractivity contribution in [3.05, 3.63) is 28.7 Å². The molecule has 7 nitrogen and oxygen atoms in total. The average molecular weight is 271 g/mol. The molecule has 0 spiro atoms. The highest BCUT2D eigenvalue weighted by Gasteiger charge is 2.24. The van der Waals surface area contributed by atoms with E-state index in [0.717, 1.165) is 12.3 Å². The van der Waals surface area contributed by atoms with Crippen molar-refractivity contribution >= 4 is 15.9 Å². The molecule has 1 aliphatic heterocycles. The smallest absolute Gasteiger partial charge is 0.245 e. The lowest BCUT2D eigenvalue weighted by molar-refractivity contribution is -0.119. The van der Waals surface area contributed by atoms with E-state index in [1.54, 1.807) is 0 Å². The number of rotatable bonds is 4. The van der Waals surface area contributed by atoms with Gasteiger partial charge in [0.05, 0.1) is 0 Å². The Hall–Kier alpha value is -1.67. The highest BCUT2D eigenvalue weighted by molar-refractivity contribution is 7.89. The van der Waals surface area contributed by atoms with E-state index in [1.807, 2.05) is 0 Å². The summed E-state index contributed by atoms with van der Waals surface area (Å²) in [6.07, 6.45) is 3.49. The predicted molar refractivity (Wildman–Crippen MR) is 63.4 cm³/mol. The Morgan fingerprint density at radius 1 is 1.39 bits per heavy atom. The van der Waals surface area contributed by atoms with Crippen molar-refractivity contribution in [3.63, 3.8) is 0 Å². The highest BCUT2D eigenvalue weighted by Crippen LogP contribution is 2.07. The quantitative estimate of drug-likeness (QED) is 0.648. The van der Waals surface area contributed by atoms with Gasteiger partial charge in [-0.1, -0.05) is 0 Å². The third kappa shape index (κ3) is 2.77. The van der Waals surface area contributed by atoms with Gasteiger partial charge in [-0.05, 0) is 6.42 Å². The fourth-order valence-corrected chi connectivity index (χ4v) is 2.86. The third-order valence-electron chi connectivity index (χ3n) is 2.68. The maximum absolute atomic E-state index is 11.8. The zero-order valence-corrected chi connectivity index (χ0v) is 10.3. The SMILES string of the molecule is O=C1CCC(CNS(=O)(=O)c2c[nH]ccc2=O)N1. The van der Waals surface area contributed by atoms with Crippen molar-refractivity contribution in [2.45, 2.75) is 23.8 Å². The molecule has 2 rings (SSSR count). The normalized spacial score (nSPS) is 19.8. The van der Waals surface area contributed by atoms with E-state index in [1.165, 1.54) is 6.20 Å².